The standard InChI is InChI=1S/C8H22N2O2Si2/c1-13(2,3)12-14(4,5)8(11)6-10-7-9/h7-8,11H,6H2,1-5H3,(H2,9,10). The van der Waals surface area contributed by atoms with Crippen molar-refractivity contribution < 1.29 is 9.22 Å². The Kier molecular flexibility index (Phi) is 5.00. The van der Waals surface area contributed by atoms with Gasteiger partial charge in [0.25, 0.3) is 0 Å². The maximum absolute atomic E-state index is 9.86. The summed E-state index contributed by atoms with van der Waals surface area (Å²) in [5.41, 5.74) is 4.65. The van der Waals surface area contributed by atoms with Crippen molar-refractivity contribution in [1.29, 1.82) is 0 Å². The number of aliphatic imine (C=N–C) groups is 1. The second-order valence-electron chi connectivity index (χ2n) is 4.85. The van der Waals surface area contributed by atoms with E-state index in [9.17, 15) is 5.11 Å². The van der Waals surface area contributed by atoms with Crippen LogP contribution in [0.3, 0.4) is 0 Å². The largest absolute Gasteiger partial charge is 0.454 e. The van der Waals surface area contributed by atoms with E-state index in [1.165, 1.54) is 6.34 Å². The summed E-state index contributed by atoms with van der Waals surface area (Å²) in [4.78, 5) is 3.84. The molecule has 84 valence electrons. The van der Waals surface area contributed by atoms with Gasteiger partial charge >= 0.3 is 0 Å². The topological polar surface area (TPSA) is 67.8 Å². The Morgan fingerprint density at radius 1 is 1.36 bits per heavy atom. The second kappa shape index (κ2) is 5.06. The van der Waals surface area contributed by atoms with Crippen LogP contribution in [-0.4, -0.2) is 40.4 Å². The molecule has 0 aromatic rings. The van der Waals surface area contributed by atoms with Crippen molar-refractivity contribution in [2.75, 3.05) is 6.54 Å². The first kappa shape index (κ1) is 13.8. The fourth-order valence-corrected chi connectivity index (χ4v) is 8.64. The summed E-state index contributed by atoms with van der Waals surface area (Å²) in [5.74, 6) is 0. The summed E-state index contributed by atoms with van der Waals surface area (Å²) in [6.45, 7) is 10.8. The van der Waals surface area contributed by atoms with E-state index in [-0.39, 0.29) is 0 Å². The first-order valence-electron chi connectivity index (χ1n) is 4.77. The van der Waals surface area contributed by atoms with Crippen LogP contribution in [0.5, 0.6) is 0 Å². The van der Waals surface area contributed by atoms with Gasteiger partial charge in [-0.05, 0) is 32.7 Å². The van der Waals surface area contributed by atoms with Crippen LogP contribution < -0.4 is 5.73 Å². The van der Waals surface area contributed by atoms with Gasteiger partial charge in [-0.1, -0.05) is 0 Å². The van der Waals surface area contributed by atoms with E-state index in [0.717, 1.165) is 0 Å². The van der Waals surface area contributed by atoms with E-state index in [1.807, 2.05) is 13.1 Å². The Balaban J connectivity index is 4.29. The minimum atomic E-state index is -2.03. The normalized spacial score (nSPS) is 16.1. The van der Waals surface area contributed by atoms with Gasteiger partial charge in [0.05, 0.1) is 18.6 Å². The summed E-state index contributed by atoms with van der Waals surface area (Å²) in [6, 6.07) is 0. The highest BCUT2D eigenvalue weighted by molar-refractivity contribution is 6.84. The lowest BCUT2D eigenvalue weighted by atomic mass is 10.7. The molecule has 3 N–H and O–H groups in total. The number of hydrogen-bond acceptors (Lipinski definition) is 3. The van der Waals surface area contributed by atoms with E-state index < -0.39 is 22.4 Å². The van der Waals surface area contributed by atoms with Crippen LogP contribution in [-0.2, 0) is 4.12 Å². The Morgan fingerprint density at radius 2 is 1.86 bits per heavy atom. The highest BCUT2D eigenvalue weighted by atomic mass is 28.4. The molecule has 14 heavy (non-hydrogen) atoms. The lowest BCUT2D eigenvalue weighted by Crippen LogP contribution is -2.52. The summed E-state index contributed by atoms with van der Waals surface area (Å²) < 4.78 is 6.00. The van der Waals surface area contributed by atoms with Gasteiger partial charge in [0.2, 0.25) is 8.32 Å². The molecule has 0 radical (unpaired) electrons. The number of aliphatic hydroxyl groups is 1. The third-order valence-corrected chi connectivity index (χ3v) is 8.10. The van der Waals surface area contributed by atoms with Crippen molar-refractivity contribution >= 4 is 23.0 Å². The van der Waals surface area contributed by atoms with Gasteiger partial charge in [-0.3, -0.25) is 4.99 Å². The number of nitrogens with two attached hydrogens (primary N) is 1. The predicted octanol–water partition coefficient (Wildman–Crippen LogP) is 0.930. The highest BCUT2D eigenvalue weighted by Crippen LogP contribution is 2.17. The molecule has 0 aliphatic carbocycles. The average Bonchev–Trinajstić information content (AvgIpc) is 1.95. The monoisotopic (exact) mass is 234 g/mol. The summed E-state index contributed by atoms with van der Waals surface area (Å²) in [7, 11) is -3.61. The molecule has 0 fully saturated rings. The van der Waals surface area contributed by atoms with Crippen LogP contribution in [0.2, 0.25) is 32.7 Å². The van der Waals surface area contributed by atoms with Crippen molar-refractivity contribution in [3.8, 4) is 0 Å². The number of hydrogen-bond donors (Lipinski definition) is 2. The summed E-state index contributed by atoms with van der Waals surface area (Å²) in [6.07, 6.45) is 1.22. The van der Waals surface area contributed by atoms with Gasteiger partial charge < -0.3 is 15.0 Å². The van der Waals surface area contributed by atoms with Crippen LogP contribution in [0.25, 0.3) is 0 Å². The van der Waals surface area contributed by atoms with Gasteiger partial charge in [0.15, 0.2) is 8.32 Å². The average molecular weight is 234 g/mol. The molecular weight excluding hydrogens is 212 g/mol. The van der Waals surface area contributed by atoms with E-state index in [2.05, 4.69) is 24.6 Å². The predicted molar refractivity (Wildman–Crippen MR) is 65.5 cm³/mol. The minimum Gasteiger partial charge on any atom is -0.454 e. The molecule has 0 bridgehead atoms. The molecule has 0 amide bonds. The molecule has 0 aromatic carbocycles. The van der Waals surface area contributed by atoms with E-state index in [1.54, 1.807) is 0 Å². The van der Waals surface area contributed by atoms with E-state index in [4.69, 9.17) is 9.85 Å². The van der Waals surface area contributed by atoms with Crippen molar-refractivity contribution in [2.24, 2.45) is 10.7 Å². The molecule has 1 atom stereocenters. The Hall–Kier alpha value is -0.176. The molecule has 0 heterocycles. The summed E-state index contributed by atoms with van der Waals surface area (Å²) in [5, 5.41) is 9.86. The SMILES string of the molecule is C[Si](C)(C)O[Si](C)(C)C(O)CN=CN. The molecule has 0 aliphatic rings. The minimum absolute atomic E-state index is 0.347. The van der Waals surface area contributed by atoms with Crippen molar-refractivity contribution in [3.05, 3.63) is 0 Å². The second-order valence-corrected chi connectivity index (χ2v) is 13.8. The molecular formula is C8H22N2O2Si2. The number of aliphatic hydroxyl groups excluding tert-OH is 1. The van der Waals surface area contributed by atoms with Gasteiger partial charge in [0.1, 0.15) is 0 Å². The van der Waals surface area contributed by atoms with Crippen LogP contribution in [0.4, 0.5) is 0 Å². The fourth-order valence-electron chi connectivity index (χ4n) is 1.24. The maximum atomic E-state index is 9.86. The Bertz CT molecular complexity index is 202. The van der Waals surface area contributed by atoms with Crippen LogP contribution in [0.15, 0.2) is 4.99 Å². The van der Waals surface area contributed by atoms with Gasteiger partial charge in [-0.15, -0.1) is 0 Å². The first-order chi connectivity index (χ1) is 6.19. The fraction of sp³-hybridized carbons (Fsp3) is 0.875. The van der Waals surface area contributed by atoms with Gasteiger partial charge in [-0.2, -0.15) is 0 Å². The number of rotatable bonds is 5. The molecule has 0 saturated carbocycles. The molecule has 0 saturated heterocycles. The molecule has 0 rings (SSSR count). The third-order valence-electron chi connectivity index (χ3n) is 1.76. The van der Waals surface area contributed by atoms with Crippen LogP contribution >= 0.6 is 0 Å². The zero-order valence-corrected chi connectivity index (χ0v) is 11.7. The first-order valence-corrected chi connectivity index (χ1v) is 11.2. The molecule has 6 heteroatoms. The smallest absolute Gasteiger partial charge is 0.204 e. The van der Waals surface area contributed by atoms with E-state index in [0.29, 0.717) is 6.54 Å². The zero-order valence-electron chi connectivity index (χ0n) is 9.74. The third kappa shape index (κ3) is 5.53. The molecule has 1 unspecified atom stereocenters. The van der Waals surface area contributed by atoms with Crippen LogP contribution in [0, 0.1) is 0 Å². The Morgan fingerprint density at radius 3 is 2.21 bits per heavy atom. The molecule has 0 aliphatic heterocycles. The van der Waals surface area contributed by atoms with Crippen molar-refractivity contribution in [1.82, 2.24) is 0 Å². The lowest BCUT2D eigenvalue weighted by Gasteiger charge is -2.34. The van der Waals surface area contributed by atoms with E-state index >= 15 is 0 Å². The molecule has 0 aromatic heterocycles. The zero-order chi connectivity index (χ0) is 11.4. The maximum Gasteiger partial charge on any atom is 0.204 e. The quantitative estimate of drug-likeness (QED) is 0.422. The van der Waals surface area contributed by atoms with Crippen molar-refractivity contribution in [2.45, 2.75) is 38.5 Å². The Labute approximate surface area is 88.4 Å². The van der Waals surface area contributed by atoms with Gasteiger partial charge in [0, 0.05) is 0 Å². The number of nitrogens with zero attached hydrogens (tertiary/aromatic N) is 1. The molecule has 4 nitrogen and oxygen atoms in total. The summed E-state index contributed by atoms with van der Waals surface area (Å²) >= 11 is 0. The van der Waals surface area contributed by atoms with Gasteiger partial charge in [-0.25, -0.2) is 0 Å². The van der Waals surface area contributed by atoms with Crippen LogP contribution in [0.1, 0.15) is 0 Å². The highest BCUT2D eigenvalue weighted by Gasteiger charge is 2.36. The van der Waals surface area contributed by atoms with Crippen molar-refractivity contribution in [3.63, 3.8) is 0 Å². The lowest BCUT2D eigenvalue weighted by molar-refractivity contribution is 0.232. The molecule has 0 spiro atoms.